The van der Waals surface area contributed by atoms with Crippen LogP contribution in [-0.2, 0) is 6.54 Å². The number of carboxylic acids is 1. The smallest absolute Gasteiger partial charge is 0.337 e. The Morgan fingerprint density at radius 3 is 3.06 bits per heavy atom. The fraction of sp³-hybridized carbons (Fsp3) is 0.167. The van der Waals surface area contributed by atoms with Gasteiger partial charge in [0.2, 0.25) is 0 Å². The summed E-state index contributed by atoms with van der Waals surface area (Å²) in [5, 5.41) is 14.2. The van der Waals surface area contributed by atoms with Crippen LogP contribution in [-0.4, -0.2) is 16.1 Å². The molecule has 0 spiro atoms. The minimum Gasteiger partial charge on any atom is -0.478 e. The van der Waals surface area contributed by atoms with Crippen molar-refractivity contribution in [1.29, 1.82) is 0 Å². The third-order valence-electron chi connectivity index (χ3n) is 2.29. The number of aromatic carboxylic acids is 1. The van der Waals surface area contributed by atoms with Gasteiger partial charge in [-0.05, 0) is 30.0 Å². The van der Waals surface area contributed by atoms with Crippen LogP contribution in [0.15, 0.2) is 29.9 Å². The highest BCUT2D eigenvalue weighted by Crippen LogP contribution is 2.18. The third-order valence-corrected chi connectivity index (χ3v) is 3.34. The lowest BCUT2D eigenvalue weighted by Crippen LogP contribution is -2.06. The highest BCUT2D eigenvalue weighted by molar-refractivity contribution is 7.10. The number of nitrogens with zero attached hydrogens (tertiary/aromatic N) is 1. The third kappa shape index (κ3) is 2.82. The summed E-state index contributed by atoms with van der Waals surface area (Å²) in [5.74, 6) is -0.947. The van der Waals surface area contributed by atoms with E-state index in [1.54, 1.807) is 11.3 Å². The van der Waals surface area contributed by atoms with E-state index in [-0.39, 0.29) is 5.56 Å². The molecule has 17 heavy (non-hydrogen) atoms. The van der Waals surface area contributed by atoms with Crippen molar-refractivity contribution in [3.8, 4) is 0 Å². The Kier molecular flexibility index (Phi) is 3.39. The van der Waals surface area contributed by atoms with Crippen molar-refractivity contribution >= 4 is 23.0 Å². The van der Waals surface area contributed by atoms with Crippen LogP contribution in [0.1, 0.15) is 20.8 Å². The maximum atomic E-state index is 11.0. The van der Waals surface area contributed by atoms with Crippen LogP contribution in [0.4, 0.5) is 5.69 Å². The van der Waals surface area contributed by atoms with E-state index in [9.17, 15) is 4.79 Å². The average Bonchev–Trinajstić information content (AvgIpc) is 2.73. The normalized spacial score (nSPS) is 10.2. The molecule has 2 rings (SSSR count). The molecule has 2 N–H and O–H groups in total. The summed E-state index contributed by atoms with van der Waals surface area (Å²) < 4.78 is 0. The lowest BCUT2D eigenvalue weighted by Gasteiger charge is -2.07. The van der Waals surface area contributed by atoms with Crippen LogP contribution in [0.25, 0.3) is 0 Å². The van der Waals surface area contributed by atoms with E-state index in [0.29, 0.717) is 12.2 Å². The number of aromatic nitrogens is 1. The number of anilines is 1. The first kappa shape index (κ1) is 11.6. The van der Waals surface area contributed by atoms with Gasteiger partial charge in [-0.15, -0.1) is 11.3 Å². The summed E-state index contributed by atoms with van der Waals surface area (Å²) in [7, 11) is 0. The van der Waals surface area contributed by atoms with E-state index in [2.05, 4.69) is 21.7 Å². The molecule has 0 aliphatic rings. The second-order valence-corrected chi connectivity index (χ2v) is 4.67. The number of carbonyl (C=O) groups is 1. The lowest BCUT2D eigenvalue weighted by molar-refractivity contribution is 0.0698. The van der Waals surface area contributed by atoms with Crippen molar-refractivity contribution < 1.29 is 9.90 Å². The van der Waals surface area contributed by atoms with Crippen LogP contribution in [0, 0.1) is 6.92 Å². The van der Waals surface area contributed by atoms with Gasteiger partial charge in [-0.25, -0.2) is 4.79 Å². The number of pyridine rings is 1. The molecule has 0 atom stereocenters. The summed E-state index contributed by atoms with van der Waals surface area (Å²) >= 11 is 1.65. The summed E-state index contributed by atoms with van der Waals surface area (Å²) in [5.41, 5.74) is 2.01. The van der Waals surface area contributed by atoms with Crippen molar-refractivity contribution in [3.05, 3.63) is 45.9 Å². The predicted octanol–water partition coefficient (Wildman–Crippen LogP) is 2.76. The molecule has 0 aliphatic heterocycles. The minimum absolute atomic E-state index is 0.244. The number of hydrogen-bond acceptors (Lipinski definition) is 4. The van der Waals surface area contributed by atoms with Gasteiger partial charge in [-0.3, -0.25) is 4.98 Å². The number of rotatable bonds is 4. The first-order valence-electron chi connectivity index (χ1n) is 5.12. The Balaban J connectivity index is 2.11. The summed E-state index contributed by atoms with van der Waals surface area (Å²) in [6.07, 6.45) is 3.01. The maximum absolute atomic E-state index is 11.0. The molecule has 0 radical (unpaired) electrons. The second kappa shape index (κ2) is 4.97. The van der Waals surface area contributed by atoms with Gasteiger partial charge in [0.15, 0.2) is 0 Å². The molecule has 0 aromatic carbocycles. The predicted molar refractivity (Wildman–Crippen MR) is 67.6 cm³/mol. The first-order valence-corrected chi connectivity index (χ1v) is 6.00. The van der Waals surface area contributed by atoms with Gasteiger partial charge < -0.3 is 10.4 Å². The van der Waals surface area contributed by atoms with Gasteiger partial charge in [0.25, 0.3) is 0 Å². The Morgan fingerprint density at radius 1 is 1.59 bits per heavy atom. The fourth-order valence-corrected chi connectivity index (χ4v) is 2.30. The Hall–Kier alpha value is -1.88. The molecule has 4 nitrogen and oxygen atoms in total. The molecule has 5 heteroatoms. The Labute approximate surface area is 103 Å². The number of aryl methyl sites for hydroxylation is 1. The van der Waals surface area contributed by atoms with Crippen molar-refractivity contribution in [2.45, 2.75) is 13.5 Å². The molecule has 0 unspecified atom stereocenters. The second-order valence-electron chi connectivity index (χ2n) is 3.67. The van der Waals surface area contributed by atoms with Crippen LogP contribution in [0.5, 0.6) is 0 Å². The monoisotopic (exact) mass is 248 g/mol. The molecule has 0 saturated heterocycles. The maximum Gasteiger partial charge on any atom is 0.337 e. The van der Waals surface area contributed by atoms with E-state index < -0.39 is 5.97 Å². The molecule has 2 aromatic heterocycles. The van der Waals surface area contributed by atoms with Crippen molar-refractivity contribution in [1.82, 2.24) is 4.98 Å². The molecule has 2 heterocycles. The van der Waals surface area contributed by atoms with Crippen molar-refractivity contribution in [2.24, 2.45) is 0 Å². The van der Waals surface area contributed by atoms with E-state index >= 15 is 0 Å². The zero-order valence-electron chi connectivity index (χ0n) is 9.30. The van der Waals surface area contributed by atoms with Crippen LogP contribution < -0.4 is 5.32 Å². The molecule has 2 aromatic rings. The lowest BCUT2D eigenvalue weighted by atomic mass is 10.2. The van der Waals surface area contributed by atoms with Crippen LogP contribution in [0.3, 0.4) is 0 Å². The molecule has 0 amide bonds. The average molecular weight is 248 g/mol. The van der Waals surface area contributed by atoms with E-state index in [4.69, 9.17) is 5.11 Å². The molecule has 0 aliphatic carbocycles. The van der Waals surface area contributed by atoms with E-state index in [1.807, 2.05) is 6.92 Å². The molecule has 0 bridgehead atoms. The molecule has 0 saturated carbocycles. The zero-order chi connectivity index (χ0) is 12.3. The Morgan fingerprint density at radius 2 is 2.41 bits per heavy atom. The van der Waals surface area contributed by atoms with Gasteiger partial charge in [0.1, 0.15) is 0 Å². The van der Waals surface area contributed by atoms with Gasteiger partial charge in [-0.1, -0.05) is 0 Å². The highest BCUT2D eigenvalue weighted by atomic mass is 32.1. The first-order chi connectivity index (χ1) is 8.16. The number of thiophene rings is 1. The quantitative estimate of drug-likeness (QED) is 0.873. The van der Waals surface area contributed by atoms with E-state index in [0.717, 1.165) is 0 Å². The number of hydrogen-bond donors (Lipinski definition) is 2. The number of carboxylic acid groups (broad SMARTS) is 1. The van der Waals surface area contributed by atoms with Gasteiger partial charge in [-0.2, -0.15) is 0 Å². The largest absolute Gasteiger partial charge is 0.478 e. The fourth-order valence-electron chi connectivity index (χ4n) is 1.49. The SMILES string of the molecule is Cc1csc(CNc2cnccc2C(=O)O)c1. The molecular weight excluding hydrogens is 236 g/mol. The van der Waals surface area contributed by atoms with E-state index in [1.165, 1.54) is 28.9 Å². The molecular formula is C12H12N2O2S. The zero-order valence-corrected chi connectivity index (χ0v) is 10.1. The van der Waals surface area contributed by atoms with Crippen LogP contribution >= 0.6 is 11.3 Å². The summed E-state index contributed by atoms with van der Waals surface area (Å²) in [6, 6.07) is 3.57. The molecule has 0 fully saturated rings. The van der Waals surface area contributed by atoms with Crippen LogP contribution in [0.2, 0.25) is 0 Å². The van der Waals surface area contributed by atoms with Gasteiger partial charge in [0.05, 0.1) is 17.4 Å². The summed E-state index contributed by atoms with van der Waals surface area (Å²) in [4.78, 5) is 16.1. The molecule has 88 valence electrons. The van der Waals surface area contributed by atoms with Crippen molar-refractivity contribution in [2.75, 3.05) is 5.32 Å². The van der Waals surface area contributed by atoms with Gasteiger partial charge in [0, 0.05) is 17.6 Å². The topological polar surface area (TPSA) is 62.2 Å². The number of nitrogens with one attached hydrogen (secondary N) is 1. The minimum atomic E-state index is -0.947. The standard InChI is InChI=1S/C12H12N2O2S/c1-8-4-9(17-7-8)5-14-11-6-13-3-2-10(11)12(15)16/h2-4,6-7,14H,5H2,1H3,(H,15,16). The highest BCUT2D eigenvalue weighted by Gasteiger charge is 2.09. The summed E-state index contributed by atoms with van der Waals surface area (Å²) in [6.45, 7) is 2.65. The van der Waals surface area contributed by atoms with Crippen molar-refractivity contribution in [3.63, 3.8) is 0 Å². The Bertz CT molecular complexity index is 537. The van der Waals surface area contributed by atoms with Gasteiger partial charge >= 0.3 is 5.97 Å².